The molecule has 0 fully saturated rings. The second kappa shape index (κ2) is 10.7. The normalized spacial score (nSPS) is 17.9. The topological polar surface area (TPSA) is 43.6 Å². The molecule has 4 heteroatoms. The maximum atomic E-state index is 5.00. The van der Waals surface area contributed by atoms with Gasteiger partial charge in [0.1, 0.15) is 0 Å². The number of hydrogen-bond acceptors (Lipinski definition) is 3. The number of para-hydroxylation sites is 2. The molecule has 1 atom stereocenters. The van der Waals surface area contributed by atoms with Crippen LogP contribution in [-0.2, 0) is 0 Å². The molecule has 0 N–H and O–H groups in total. The van der Waals surface area contributed by atoms with Crippen LogP contribution >= 0.6 is 0 Å². The Morgan fingerprint density at radius 1 is 0.923 bits per heavy atom. The Balaban J connectivity index is 1.50. The molecule has 192 valence electrons. The number of aromatic nitrogens is 4. The number of allylic oxidation sites excluding steroid dienone is 13. The van der Waals surface area contributed by atoms with Crippen molar-refractivity contribution in [2.75, 3.05) is 0 Å². The van der Waals surface area contributed by atoms with E-state index in [1.807, 2.05) is 31.2 Å². The predicted molar refractivity (Wildman–Crippen MR) is 165 cm³/mol. The number of fused-ring (bicyclic) bond motifs is 3. The average Bonchev–Trinajstić information content (AvgIpc) is 3.32. The maximum absolute atomic E-state index is 5.00. The highest BCUT2D eigenvalue weighted by molar-refractivity contribution is 6.10. The first-order valence-electron chi connectivity index (χ1n) is 13.7. The predicted octanol–water partition coefficient (Wildman–Crippen LogP) is 8.82. The molecule has 2 aliphatic rings. The van der Waals surface area contributed by atoms with Crippen LogP contribution in [0.3, 0.4) is 0 Å². The average molecular weight is 509 g/mol. The lowest BCUT2D eigenvalue weighted by Crippen LogP contribution is -2.09. The van der Waals surface area contributed by atoms with Crippen LogP contribution in [-0.4, -0.2) is 19.5 Å². The molecule has 0 amide bonds. The Kier molecular flexibility index (Phi) is 6.76. The Hall–Kier alpha value is -4.57. The maximum Gasteiger partial charge on any atom is 0.164 e. The van der Waals surface area contributed by atoms with Gasteiger partial charge in [0.25, 0.3) is 0 Å². The van der Waals surface area contributed by atoms with Gasteiger partial charge in [-0.05, 0) is 50.3 Å². The van der Waals surface area contributed by atoms with Crippen molar-refractivity contribution in [1.82, 2.24) is 19.5 Å². The van der Waals surface area contributed by atoms with Crippen LogP contribution in [0.2, 0.25) is 0 Å². The molecule has 1 unspecified atom stereocenters. The monoisotopic (exact) mass is 508 g/mol. The quantitative estimate of drug-likeness (QED) is 0.244. The standard InChI is InChI=1S/C35H32N4/c1-4-6-12-25(5-2)33-36-34(26-21-19-24(3)20-22-26)38-35(37-33)27-13-11-14-28(23-27)39-31-17-9-7-15-29(31)30-16-8-10-18-32(30)39/h4-10,12-13,15-19,21-24H,2,11,14,20H2,1,3H3/b6-4-,25-12+. The van der Waals surface area contributed by atoms with Crippen molar-refractivity contribution in [3.8, 4) is 0 Å². The summed E-state index contributed by atoms with van der Waals surface area (Å²) in [6.07, 6.45) is 21.7. The van der Waals surface area contributed by atoms with Gasteiger partial charge in [-0.15, -0.1) is 0 Å². The number of hydrogen-bond donors (Lipinski definition) is 0. The fourth-order valence-electron chi connectivity index (χ4n) is 5.34. The zero-order chi connectivity index (χ0) is 26.8. The molecule has 2 aromatic carbocycles. The molecule has 2 heterocycles. The number of nitrogens with zero attached hydrogens (tertiary/aromatic N) is 4. The van der Waals surface area contributed by atoms with E-state index in [1.54, 1.807) is 0 Å². The van der Waals surface area contributed by atoms with Crippen molar-refractivity contribution in [3.05, 3.63) is 127 Å². The third-order valence-corrected chi connectivity index (χ3v) is 7.37. The first-order valence-corrected chi connectivity index (χ1v) is 13.7. The molecule has 0 saturated carbocycles. The molecular formula is C35H32N4. The summed E-state index contributed by atoms with van der Waals surface area (Å²) in [7, 11) is 0. The summed E-state index contributed by atoms with van der Waals surface area (Å²) < 4.78 is 2.40. The van der Waals surface area contributed by atoms with Crippen LogP contribution in [0, 0.1) is 5.92 Å². The van der Waals surface area contributed by atoms with E-state index >= 15 is 0 Å². The molecular weight excluding hydrogens is 476 g/mol. The van der Waals surface area contributed by atoms with E-state index in [0.717, 1.165) is 36.0 Å². The van der Waals surface area contributed by atoms with Crippen molar-refractivity contribution >= 4 is 44.2 Å². The van der Waals surface area contributed by atoms with E-state index in [0.29, 0.717) is 23.4 Å². The SMILES string of the molecule is C=C/C(=C\C=C/C)c1nc(C2=CCCC(n3c4ccccc4c4ccccc43)=C2)nc(C2=CCC(C)C=C2)n1. The van der Waals surface area contributed by atoms with Crippen molar-refractivity contribution in [2.45, 2.75) is 33.1 Å². The lowest BCUT2D eigenvalue weighted by Gasteiger charge is -2.18. The second-order valence-corrected chi connectivity index (χ2v) is 10.1. The molecule has 6 rings (SSSR count). The first kappa shape index (κ1) is 24.7. The zero-order valence-corrected chi connectivity index (χ0v) is 22.5. The smallest absolute Gasteiger partial charge is 0.164 e. The van der Waals surface area contributed by atoms with Gasteiger partial charge in [0.05, 0.1) is 11.0 Å². The highest BCUT2D eigenvalue weighted by Crippen LogP contribution is 2.36. The van der Waals surface area contributed by atoms with Crippen molar-refractivity contribution < 1.29 is 0 Å². The minimum absolute atomic E-state index is 0.519. The summed E-state index contributed by atoms with van der Waals surface area (Å²) in [5.74, 6) is 2.54. The van der Waals surface area contributed by atoms with Crippen molar-refractivity contribution in [1.29, 1.82) is 0 Å². The van der Waals surface area contributed by atoms with Crippen molar-refractivity contribution in [3.63, 3.8) is 0 Å². The van der Waals surface area contributed by atoms with E-state index in [4.69, 9.17) is 15.0 Å². The van der Waals surface area contributed by atoms with Crippen LogP contribution in [0.5, 0.6) is 0 Å². The van der Waals surface area contributed by atoms with Gasteiger partial charge in [0, 0.05) is 33.2 Å². The van der Waals surface area contributed by atoms with Crippen LogP contribution in [0.15, 0.2) is 110 Å². The summed E-state index contributed by atoms with van der Waals surface area (Å²) in [6.45, 7) is 8.24. The van der Waals surface area contributed by atoms with E-state index in [-0.39, 0.29) is 0 Å². The fourth-order valence-corrected chi connectivity index (χ4v) is 5.34. The van der Waals surface area contributed by atoms with Gasteiger partial charge < -0.3 is 4.57 Å². The van der Waals surface area contributed by atoms with Crippen LogP contribution in [0.4, 0.5) is 0 Å². The summed E-state index contributed by atoms with van der Waals surface area (Å²) in [4.78, 5) is 14.8. The van der Waals surface area contributed by atoms with Gasteiger partial charge in [0.15, 0.2) is 17.5 Å². The first-order chi connectivity index (χ1) is 19.2. The number of rotatable bonds is 6. The molecule has 0 bridgehead atoms. The lowest BCUT2D eigenvalue weighted by molar-refractivity contribution is 0.737. The molecule has 0 radical (unpaired) electrons. The summed E-state index contributed by atoms with van der Waals surface area (Å²) >= 11 is 0. The third-order valence-electron chi connectivity index (χ3n) is 7.37. The molecule has 39 heavy (non-hydrogen) atoms. The van der Waals surface area contributed by atoms with Crippen LogP contribution in [0.1, 0.15) is 50.6 Å². The van der Waals surface area contributed by atoms with Gasteiger partial charge in [-0.3, -0.25) is 0 Å². The molecule has 0 spiro atoms. The Labute approximate surface area is 229 Å². The van der Waals surface area contributed by atoms with E-state index in [9.17, 15) is 0 Å². The fraction of sp³-hybridized carbons (Fsp3) is 0.171. The highest BCUT2D eigenvalue weighted by atomic mass is 15.0. The van der Waals surface area contributed by atoms with E-state index in [2.05, 4.69) is 97.0 Å². The Morgan fingerprint density at radius 2 is 1.62 bits per heavy atom. The molecule has 4 nitrogen and oxygen atoms in total. The van der Waals surface area contributed by atoms with E-state index in [1.165, 1.54) is 27.5 Å². The zero-order valence-electron chi connectivity index (χ0n) is 22.5. The Bertz CT molecular complexity index is 1720. The van der Waals surface area contributed by atoms with Gasteiger partial charge >= 0.3 is 0 Å². The van der Waals surface area contributed by atoms with Crippen molar-refractivity contribution in [2.24, 2.45) is 5.92 Å². The Morgan fingerprint density at radius 3 is 2.26 bits per heavy atom. The second-order valence-electron chi connectivity index (χ2n) is 10.1. The molecule has 2 aliphatic carbocycles. The van der Waals surface area contributed by atoms with Gasteiger partial charge in [-0.25, -0.2) is 15.0 Å². The lowest BCUT2D eigenvalue weighted by atomic mass is 9.98. The molecule has 0 saturated heterocycles. The molecule has 4 aromatic rings. The minimum atomic E-state index is 0.519. The number of benzene rings is 2. The van der Waals surface area contributed by atoms with E-state index < -0.39 is 0 Å². The third kappa shape index (κ3) is 4.74. The summed E-state index contributed by atoms with van der Waals surface area (Å²) in [5.41, 5.74) is 6.61. The van der Waals surface area contributed by atoms with Crippen LogP contribution < -0.4 is 0 Å². The summed E-state index contributed by atoms with van der Waals surface area (Å²) in [5, 5.41) is 2.54. The van der Waals surface area contributed by atoms with Gasteiger partial charge in [-0.2, -0.15) is 0 Å². The van der Waals surface area contributed by atoms with Gasteiger partial charge in [-0.1, -0.05) is 98.5 Å². The molecule has 2 aromatic heterocycles. The summed E-state index contributed by atoms with van der Waals surface area (Å²) in [6, 6.07) is 17.3. The highest BCUT2D eigenvalue weighted by Gasteiger charge is 2.19. The van der Waals surface area contributed by atoms with Crippen LogP contribution in [0.25, 0.3) is 44.2 Å². The van der Waals surface area contributed by atoms with Gasteiger partial charge in [0.2, 0.25) is 0 Å². The minimum Gasteiger partial charge on any atom is -0.313 e. The largest absolute Gasteiger partial charge is 0.313 e. The molecule has 0 aliphatic heterocycles.